The molecule has 0 unspecified atom stereocenters. The highest BCUT2D eigenvalue weighted by Crippen LogP contribution is 2.24. The van der Waals surface area contributed by atoms with E-state index in [1.165, 1.54) is 0 Å². The normalized spacial score (nSPS) is 10.3. The molecule has 0 fully saturated rings. The fraction of sp³-hybridized carbons (Fsp3) is 0.0714. The Hall–Kier alpha value is -0.840. The molecule has 19 heavy (non-hydrogen) atoms. The Morgan fingerprint density at radius 3 is 2.58 bits per heavy atom. The monoisotopic (exact) mass is 401 g/mol. The summed E-state index contributed by atoms with van der Waals surface area (Å²) in [5, 5.41) is 3.45. The molecule has 0 radical (unpaired) electrons. The number of aryl methyl sites for hydroxylation is 1. The van der Waals surface area contributed by atoms with Gasteiger partial charge in [0.25, 0.3) is 5.91 Å². The Bertz CT molecular complexity index is 643. The van der Waals surface area contributed by atoms with Crippen molar-refractivity contribution in [2.24, 2.45) is 0 Å². The first-order chi connectivity index (χ1) is 8.97. The lowest BCUT2D eigenvalue weighted by Crippen LogP contribution is -2.12. The van der Waals surface area contributed by atoms with Gasteiger partial charge in [-0.05, 0) is 58.7 Å². The van der Waals surface area contributed by atoms with Crippen molar-refractivity contribution in [3.05, 3.63) is 61.5 Å². The number of halogens is 3. The van der Waals surface area contributed by atoms with Gasteiger partial charge in [0, 0.05) is 19.7 Å². The van der Waals surface area contributed by atoms with Gasteiger partial charge in [-0.15, -0.1) is 0 Å². The van der Waals surface area contributed by atoms with E-state index in [0.29, 0.717) is 16.3 Å². The molecule has 0 saturated carbocycles. The van der Waals surface area contributed by atoms with Gasteiger partial charge in [0.15, 0.2) is 0 Å². The SMILES string of the molecule is Cc1ccc(NC(=O)c2cc(Br)ccc2Br)cc1Cl. The Balaban J connectivity index is 2.25. The third-order valence-electron chi connectivity index (χ3n) is 2.60. The summed E-state index contributed by atoms with van der Waals surface area (Å²) in [6, 6.07) is 10.9. The van der Waals surface area contributed by atoms with Gasteiger partial charge >= 0.3 is 0 Å². The number of benzene rings is 2. The van der Waals surface area contributed by atoms with Crippen molar-refractivity contribution < 1.29 is 4.79 Å². The molecule has 0 heterocycles. The van der Waals surface area contributed by atoms with Crippen LogP contribution in [0.3, 0.4) is 0 Å². The Morgan fingerprint density at radius 2 is 1.89 bits per heavy atom. The van der Waals surface area contributed by atoms with Crippen molar-refractivity contribution in [2.75, 3.05) is 5.32 Å². The number of hydrogen-bond donors (Lipinski definition) is 1. The molecule has 0 aliphatic rings. The molecule has 0 atom stereocenters. The Kier molecular flexibility index (Phi) is 4.66. The van der Waals surface area contributed by atoms with Crippen LogP contribution >= 0.6 is 43.5 Å². The van der Waals surface area contributed by atoms with E-state index in [1.54, 1.807) is 12.1 Å². The predicted octanol–water partition coefficient (Wildman–Crippen LogP) is 5.43. The zero-order valence-electron chi connectivity index (χ0n) is 10.0. The van der Waals surface area contributed by atoms with E-state index in [2.05, 4.69) is 37.2 Å². The summed E-state index contributed by atoms with van der Waals surface area (Å²) in [6.45, 7) is 1.92. The van der Waals surface area contributed by atoms with Crippen molar-refractivity contribution in [3.8, 4) is 0 Å². The lowest BCUT2D eigenvalue weighted by atomic mass is 10.2. The van der Waals surface area contributed by atoms with Crippen LogP contribution in [-0.4, -0.2) is 5.91 Å². The fourth-order valence-electron chi connectivity index (χ4n) is 1.54. The van der Waals surface area contributed by atoms with Gasteiger partial charge in [-0.2, -0.15) is 0 Å². The van der Waals surface area contributed by atoms with Gasteiger partial charge in [0.1, 0.15) is 0 Å². The van der Waals surface area contributed by atoms with Crippen molar-refractivity contribution in [1.29, 1.82) is 0 Å². The Labute approximate surface area is 133 Å². The summed E-state index contributed by atoms with van der Waals surface area (Å²) < 4.78 is 1.59. The molecule has 0 aliphatic heterocycles. The second kappa shape index (κ2) is 6.07. The largest absolute Gasteiger partial charge is 0.322 e. The topological polar surface area (TPSA) is 29.1 Å². The molecule has 1 N–H and O–H groups in total. The van der Waals surface area contributed by atoms with Crippen LogP contribution in [0.15, 0.2) is 45.3 Å². The number of anilines is 1. The molecule has 1 amide bonds. The number of carbonyl (C=O) groups is 1. The van der Waals surface area contributed by atoms with Gasteiger partial charge in [-0.25, -0.2) is 0 Å². The first-order valence-corrected chi connectivity index (χ1v) is 7.46. The minimum atomic E-state index is -0.187. The average molecular weight is 404 g/mol. The van der Waals surface area contributed by atoms with E-state index in [4.69, 9.17) is 11.6 Å². The van der Waals surface area contributed by atoms with E-state index in [9.17, 15) is 4.79 Å². The van der Waals surface area contributed by atoms with Crippen LogP contribution in [0.25, 0.3) is 0 Å². The highest BCUT2D eigenvalue weighted by Gasteiger charge is 2.11. The predicted molar refractivity (Wildman–Crippen MR) is 86.0 cm³/mol. The van der Waals surface area contributed by atoms with Crippen LogP contribution in [0.5, 0.6) is 0 Å². The number of rotatable bonds is 2. The lowest BCUT2D eigenvalue weighted by Gasteiger charge is -2.08. The third-order valence-corrected chi connectivity index (χ3v) is 4.19. The van der Waals surface area contributed by atoms with Crippen LogP contribution in [0.1, 0.15) is 15.9 Å². The highest BCUT2D eigenvalue weighted by molar-refractivity contribution is 9.11. The van der Waals surface area contributed by atoms with E-state index >= 15 is 0 Å². The molecule has 0 spiro atoms. The second-order valence-corrected chi connectivity index (χ2v) is 6.22. The molecular weight excluding hydrogens is 393 g/mol. The molecule has 0 aliphatic carbocycles. The van der Waals surface area contributed by atoms with Gasteiger partial charge in [0.2, 0.25) is 0 Å². The van der Waals surface area contributed by atoms with Crippen molar-refractivity contribution in [3.63, 3.8) is 0 Å². The van der Waals surface area contributed by atoms with E-state index < -0.39 is 0 Å². The van der Waals surface area contributed by atoms with Gasteiger partial charge in [-0.1, -0.05) is 33.6 Å². The van der Waals surface area contributed by atoms with E-state index in [1.807, 2.05) is 31.2 Å². The van der Waals surface area contributed by atoms with Crippen molar-refractivity contribution >= 4 is 55.1 Å². The fourth-order valence-corrected chi connectivity index (χ4v) is 2.51. The third kappa shape index (κ3) is 3.59. The summed E-state index contributed by atoms with van der Waals surface area (Å²) in [7, 11) is 0. The number of nitrogens with one attached hydrogen (secondary N) is 1. The van der Waals surface area contributed by atoms with Crippen molar-refractivity contribution in [1.82, 2.24) is 0 Å². The molecule has 0 aromatic heterocycles. The number of amides is 1. The zero-order chi connectivity index (χ0) is 14.0. The summed E-state index contributed by atoms with van der Waals surface area (Å²) in [5.74, 6) is -0.187. The zero-order valence-corrected chi connectivity index (χ0v) is 13.9. The molecule has 0 saturated heterocycles. The van der Waals surface area contributed by atoms with Gasteiger partial charge in [-0.3, -0.25) is 4.79 Å². The molecule has 2 nitrogen and oxygen atoms in total. The quantitative estimate of drug-likeness (QED) is 0.712. The lowest BCUT2D eigenvalue weighted by molar-refractivity contribution is 0.102. The maximum Gasteiger partial charge on any atom is 0.256 e. The maximum atomic E-state index is 12.2. The van der Waals surface area contributed by atoms with Crippen LogP contribution in [0.2, 0.25) is 5.02 Å². The highest BCUT2D eigenvalue weighted by atomic mass is 79.9. The first-order valence-electron chi connectivity index (χ1n) is 5.50. The van der Waals surface area contributed by atoms with E-state index in [-0.39, 0.29) is 5.91 Å². The maximum absolute atomic E-state index is 12.2. The number of carbonyl (C=O) groups excluding carboxylic acids is 1. The molecule has 0 bridgehead atoms. The summed E-state index contributed by atoms with van der Waals surface area (Å²) in [6.07, 6.45) is 0. The summed E-state index contributed by atoms with van der Waals surface area (Å²) in [4.78, 5) is 12.2. The number of hydrogen-bond acceptors (Lipinski definition) is 1. The van der Waals surface area contributed by atoms with Crippen LogP contribution in [0, 0.1) is 6.92 Å². The minimum Gasteiger partial charge on any atom is -0.322 e. The summed E-state index contributed by atoms with van der Waals surface area (Å²) >= 11 is 12.7. The average Bonchev–Trinajstić information content (AvgIpc) is 2.36. The molecule has 2 aromatic rings. The van der Waals surface area contributed by atoms with Gasteiger partial charge in [0.05, 0.1) is 5.56 Å². The van der Waals surface area contributed by atoms with Crippen LogP contribution in [0.4, 0.5) is 5.69 Å². The van der Waals surface area contributed by atoms with Crippen molar-refractivity contribution in [2.45, 2.75) is 6.92 Å². The van der Waals surface area contributed by atoms with Crippen LogP contribution in [-0.2, 0) is 0 Å². The first kappa shape index (κ1) is 14.6. The standard InChI is InChI=1S/C14H10Br2ClNO/c1-8-2-4-10(7-13(8)17)18-14(19)11-6-9(15)3-5-12(11)16/h2-7H,1H3,(H,18,19). The Morgan fingerprint density at radius 1 is 1.16 bits per heavy atom. The second-order valence-electron chi connectivity index (χ2n) is 4.04. The van der Waals surface area contributed by atoms with E-state index in [0.717, 1.165) is 14.5 Å². The molecule has 5 heteroatoms. The molecule has 98 valence electrons. The summed E-state index contributed by atoms with van der Waals surface area (Å²) in [5.41, 5.74) is 2.21. The van der Waals surface area contributed by atoms with Crippen LogP contribution < -0.4 is 5.32 Å². The molecular formula is C14H10Br2ClNO. The van der Waals surface area contributed by atoms with Gasteiger partial charge < -0.3 is 5.32 Å². The smallest absolute Gasteiger partial charge is 0.256 e. The molecule has 2 rings (SSSR count). The minimum absolute atomic E-state index is 0.187. The molecule has 2 aromatic carbocycles.